The summed E-state index contributed by atoms with van der Waals surface area (Å²) in [5.74, 6) is 0.502. The Balaban J connectivity index is 2.71. The molecule has 10 heavy (non-hydrogen) atoms. The lowest BCUT2D eigenvalue weighted by atomic mass is 9.97. The van der Waals surface area contributed by atoms with Crippen LogP contribution in [0.2, 0.25) is 0 Å². The summed E-state index contributed by atoms with van der Waals surface area (Å²) in [4.78, 5) is 0. The molecule has 2 atom stereocenters. The van der Waals surface area contributed by atoms with Crippen LogP contribution in [0.5, 0.6) is 0 Å². The smallest absolute Gasteiger partial charge is 0.0487 e. The zero-order valence-electron chi connectivity index (χ0n) is 6.26. The van der Waals surface area contributed by atoms with Gasteiger partial charge >= 0.3 is 0 Å². The molecule has 2 heteroatoms. The SMILES string of the molecule is CNC1C(Cl)=CC=CC1C. The Morgan fingerprint density at radius 2 is 2.30 bits per heavy atom. The highest BCUT2D eigenvalue weighted by molar-refractivity contribution is 6.30. The minimum absolute atomic E-state index is 0.312. The van der Waals surface area contributed by atoms with Gasteiger partial charge in [-0.2, -0.15) is 0 Å². The Morgan fingerprint density at radius 1 is 1.60 bits per heavy atom. The van der Waals surface area contributed by atoms with Gasteiger partial charge in [-0.25, -0.2) is 0 Å². The van der Waals surface area contributed by atoms with E-state index < -0.39 is 0 Å². The molecule has 0 amide bonds. The van der Waals surface area contributed by atoms with Gasteiger partial charge in [0, 0.05) is 11.1 Å². The van der Waals surface area contributed by atoms with Gasteiger partial charge in [-0.1, -0.05) is 30.7 Å². The zero-order chi connectivity index (χ0) is 7.56. The van der Waals surface area contributed by atoms with E-state index in [0.29, 0.717) is 12.0 Å². The number of hydrogen-bond acceptors (Lipinski definition) is 1. The molecule has 56 valence electrons. The van der Waals surface area contributed by atoms with E-state index in [1.165, 1.54) is 0 Å². The molecular formula is C8H12ClN. The molecule has 0 spiro atoms. The molecule has 0 saturated heterocycles. The van der Waals surface area contributed by atoms with Crippen molar-refractivity contribution in [2.75, 3.05) is 7.05 Å². The second-order valence-corrected chi connectivity index (χ2v) is 3.00. The Labute approximate surface area is 66.8 Å². The lowest BCUT2D eigenvalue weighted by Gasteiger charge is -2.22. The predicted octanol–water partition coefficient (Wildman–Crippen LogP) is 1.90. The third kappa shape index (κ3) is 1.41. The van der Waals surface area contributed by atoms with Crippen LogP contribution in [0, 0.1) is 5.92 Å². The van der Waals surface area contributed by atoms with Crippen LogP contribution in [0.1, 0.15) is 6.92 Å². The molecule has 0 heterocycles. The summed E-state index contributed by atoms with van der Waals surface area (Å²) in [5.41, 5.74) is 0. The Morgan fingerprint density at radius 3 is 2.70 bits per heavy atom. The van der Waals surface area contributed by atoms with Crippen LogP contribution in [0.4, 0.5) is 0 Å². The van der Waals surface area contributed by atoms with Crippen molar-refractivity contribution in [3.05, 3.63) is 23.3 Å². The highest BCUT2D eigenvalue weighted by Crippen LogP contribution is 2.21. The predicted molar refractivity (Wildman–Crippen MR) is 45.1 cm³/mol. The molecule has 1 aliphatic carbocycles. The van der Waals surface area contributed by atoms with Crippen LogP contribution in [0.15, 0.2) is 23.3 Å². The monoisotopic (exact) mass is 157 g/mol. The highest BCUT2D eigenvalue weighted by Gasteiger charge is 2.17. The van der Waals surface area contributed by atoms with Gasteiger partial charge in [-0.05, 0) is 19.0 Å². The van der Waals surface area contributed by atoms with E-state index in [-0.39, 0.29) is 0 Å². The molecule has 2 unspecified atom stereocenters. The summed E-state index contributed by atoms with van der Waals surface area (Å²) in [5, 5.41) is 4.05. The molecule has 1 aliphatic rings. The fourth-order valence-electron chi connectivity index (χ4n) is 1.19. The van der Waals surface area contributed by atoms with Gasteiger partial charge in [0.05, 0.1) is 0 Å². The Kier molecular flexibility index (Phi) is 2.52. The van der Waals surface area contributed by atoms with Crippen LogP contribution in [-0.2, 0) is 0 Å². The topological polar surface area (TPSA) is 12.0 Å². The quantitative estimate of drug-likeness (QED) is 0.613. The van der Waals surface area contributed by atoms with Crippen molar-refractivity contribution in [2.45, 2.75) is 13.0 Å². The fraction of sp³-hybridized carbons (Fsp3) is 0.500. The van der Waals surface area contributed by atoms with Crippen molar-refractivity contribution < 1.29 is 0 Å². The summed E-state index contributed by atoms with van der Waals surface area (Å²) < 4.78 is 0. The maximum Gasteiger partial charge on any atom is 0.0487 e. The van der Waals surface area contributed by atoms with Crippen LogP contribution in [-0.4, -0.2) is 13.1 Å². The van der Waals surface area contributed by atoms with E-state index in [1.54, 1.807) is 0 Å². The van der Waals surface area contributed by atoms with Gasteiger partial charge in [-0.15, -0.1) is 0 Å². The second kappa shape index (κ2) is 3.22. The number of halogens is 1. The van der Waals surface area contributed by atoms with E-state index in [9.17, 15) is 0 Å². The van der Waals surface area contributed by atoms with Crippen molar-refractivity contribution in [3.8, 4) is 0 Å². The summed E-state index contributed by atoms with van der Waals surface area (Å²) >= 11 is 5.93. The molecule has 0 saturated carbocycles. The first-order valence-electron chi connectivity index (χ1n) is 3.47. The molecule has 0 aromatic heterocycles. The van der Waals surface area contributed by atoms with E-state index in [4.69, 9.17) is 11.6 Å². The van der Waals surface area contributed by atoms with Gasteiger partial charge < -0.3 is 5.32 Å². The molecule has 1 nitrogen and oxygen atoms in total. The lowest BCUT2D eigenvalue weighted by Crippen LogP contribution is -2.32. The Bertz CT molecular complexity index is 172. The number of allylic oxidation sites excluding steroid dienone is 2. The largest absolute Gasteiger partial charge is 0.312 e. The summed E-state index contributed by atoms with van der Waals surface area (Å²) in [6, 6.07) is 0.312. The zero-order valence-corrected chi connectivity index (χ0v) is 7.02. The third-order valence-electron chi connectivity index (χ3n) is 1.80. The second-order valence-electron chi connectivity index (χ2n) is 2.56. The molecule has 0 bridgehead atoms. The summed E-state index contributed by atoms with van der Waals surface area (Å²) in [6.07, 6.45) is 6.08. The minimum atomic E-state index is 0.312. The standard InChI is InChI=1S/C8H12ClN/c1-6-4-3-5-7(9)8(6)10-2/h3-6,8,10H,1-2H3. The van der Waals surface area contributed by atoms with Crippen LogP contribution < -0.4 is 5.32 Å². The molecule has 0 aromatic rings. The number of likely N-dealkylation sites (N-methyl/N-ethyl adjacent to an activating group) is 1. The maximum atomic E-state index is 5.93. The first-order valence-corrected chi connectivity index (χ1v) is 3.84. The van der Waals surface area contributed by atoms with Crippen molar-refractivity contribution in [2.24, 2.45) is 5.92 Å². The number of nitrogens with one attached hydrogen (secondary N) is 1. The van der Waals surface area contributed by atoms with Gasteiger partial charge in [-0.3, -0.25) is 0 Å². The number of hydrogen-bond donors (Lipinski definition) is 1. The van der Waals surface area contributed by atoms with Crippen molar-refractivity contribution in [3.63, 3.8) is 0 Å². The molecule has 0 fully saturated rings. The minimum Gasteiger partial charge on any atom is -0.312 e. The van der Waals surface area contributed by atoms with Gasteiger partial charge in [0.15, 0.2) is 0 Å². The lowest BCUT2D eigenvalue weighted by molar-refractivity contribution is 0.531. The van der Waals surface area contributed by atoms with Gasteiger partial charge in [0.1, 0.15) is 0 Å². The van der Waals surface area contributed by atoms with Crippen LogP contribution >= 0.6 is 11.6 Å². The van der Waals surface area contributed by atoms with E-state index >= 15 is 0 Å². The van der Waals surface area contributed by atoms with Crippen LogP contribution in [0.25, 0.3) is 0 Å². The van der Waals surface area contributed by atoms with Crippen molar-refractivity contribution >= 4 is 11.6 Å². The molecule has 1 N–H and O–H groups in total. The number of rotatable bonds is 1. The fourth-order valence-corrected chi connectivity index (χ4v) is 1.57. The maximum absolute atomic E-state index is 5.93. The van der Waals surface area contributed by atoms with Crippen LogP contribution in [0.3, 0.4) is 0 Å². The first kappa shape index (κ1) is 7.83. The van der Waals surface area contributed by atoms with E-state index in [2.05, 4.69) is 18.3 Å². The average molecular weight is 158 g/mol. The van der Waals surface area contributed by atoms with Gasteiger partial charge in [0.2, 0.25) is 0 Å². The first-order chi connectivity index (χ1) is 4.75. The molecule has 0 aliphatic heterocycles. The van der Waals surface area contributed by atoms with E-state index in [1.807, 2.05) is 19.2 Å². The molecule has 0 aromatic carbocycles. The normalized spacial score (nSPS) is 32.1. The van der Waals surface area contributed by atoms with Gasteiger partial charge in [0.25, 0.3) is 0 Å². The molecule has 1 rings (SSSR count). The average Bonchev–Trinajstić information content (AvgIpc) is 1.88. The van der Waals surface area contributed by atoms with E-state index in [0.717, 1.165) is 5.03 Å². The molecule has 0 radical (unpaired) electrons. The summed E-state index contributed by atoms with van der Waals surface area (Å²) in [7, 11) is 1.93. The van der Waals surface area contributed by atoms with Crippen molar-refractivity contribution in [1.82, 2.24) is 5.32 Å². The highest BCUT2D eigenvalue weighted by atomic mass is 35.5. The third-order valence-corrected chi connectivity index (χ3v) is 2.17. The summed E-state index contributed by atoms with van der Waals surface area (Å²) in [6.45, 7) is 2.15. The Hall–Kier alpha value is -0.270. The van der Waals surface area contributed by atoms with Crippen molar-refractivity contribution in [1.29, 1.82) is 0 Å². The molecular weight excluding hydrogens is 146 g/mol.